The lowest BCUT2D eigenvalue weighted by molar-refractivity contribution is 1.27. The van der Waals surface area contributed by atoms with E-state index in [9.17, 15) is 0 Å². The van der Waals surface area contributed by atoms with Crippen LogP contribution in [0.2, 0.25) is 5.02 Å². The van der Waals surface area contributed by atoms with Gasteiger partial charge in [0.25, 0.3) is 0 Å². The summed E-state index contributed by atoms with van der Waals surface area (Å²) in [6.45, 7) is 0. The topological polar surface area (TPSA) is 37.8 Å². The van der Waals surface area contributed by atoms with Gasteiger partial charge in [-0.25, -0.2) is 9.97 Å². The first kappa shape index (κ1) is 13.3. The molecule has 0 fully saturated rings. The highest BCUT2D eigenvalue weighted by molar-refractivity contribution is 9.11. The van der Waals surface area contributed by atoms with Gasteiger partial charge in [-0.05, 0) is 56.1 Å². The van der Waals surface area contributed by atoms with Crippen molar-refractivity contribution in [3.8, 4) is 0 Å². The monoisotopic (exact) mass is 417 g/mol. The summed E-state index contributed by atoms with van der Waals surface area (Å²) in [5.74, 6) is 0.730. The Labute approximate surface area is 135 Å². The molecule has 7 heteroatoms. The molecule has 3 aromatic rings. The molecule has 0 aliphatic rings. The SMILES string of the molecule is Clc1ccc2nc(Nc3ncc(Br)cc3Br)sc2c1. The molecule has 0 unspecified atom stereocenters. The molecule has 0 amide bonds. The Morgan fingerprint density at radius 3 is 2.84 bits per heavy atom. The molecule has 0 saturated carbocycles. The fourth-order valence-electron chi connectivity index (χ4n) is 1.56. The van der Waals surface area contributed by atoms with Crippen molar-refractivity contribution in [3.05, 3.63) is 44.4 Å². The van der Waals surface area contributed by atoms with E-state index < -0.39 is 0 Å². The second-order valence-electron chi connectivity index (χ2n) is 3.74. The van der Waals surface area contributed by atoms with Crippen molar-refractivity contribution in [3.63, 3.8) is 0 Å². The molecule has 2 heterocycles. The zero-order valence-electron chi connectivity index (χ0n) is 9.32. The molecular formula is C12H6Br2ClN3S. The van der Waals surface area contributed by atoms with Gasteiger partial charge >= 0.3 is 0 Å². The van der Waals surface area contributed by atoms with Crippen LogP contribution in [0, 0.1) is 0 Å². The third kappa shape index (κ3) is 2.91. The van der Waals surface area contributed by atoms with Gasteiger partial charge < -0.3 is 5.32 Å². The van der Waals surface area contributed by atoms with Crippen LogP contribution in [0.1, 0.15) is 0 Å². The summed E-state index contributed by atoms with van der Waals surface area (Å²) in [5.41, 5.74) is 0.921. The molecule has 3 rings (SSSR count). The van der Waals surface area contributed by atoms with E-state index in [-0.39, 0.29) is 0 Å². The van der Waals surface area contributed by atoms with E-state index >= 15 is 0 Å². The Morgan fingerprint density at radius 2 is 2.05 bits per heavy atom. The number of pyridine rings is 1. The smallest absolute Gasteiger partial charge is 0.189 e. The Balaban J connectivity index is 1.96. The number of nitrogens with one attached hydrogen (secondary N) is 1. The van der Waals surface area contributed by atoms with Crippen LogP contribution in [0.3, 0.4) is 0 Å². The zero-order chi connectivity index (χ0) is 13.4. The molecule has 0 atom stereocenters. The second kappa shape index (κ2) is 5.36. The zero-order valence-corrected chi connectivity index (χ0v) is 14.1. The molecule has 1 N–H and O–H groups in total. The van der Waals surface area contributed by atoms with Crippen molar-refractivity contribution in [1.29, 1.82) is 0 Å². The maximum atomic E-state index is 5.96. The van der Waals surface area contributed by atoms with Crippen LogP contribution in [-0.2, 0) is 0 Å². The molecule has 0 saturated heterocycles. The van der Waals surface area contributed by atoms with E-state index in [4.69, 9.17) is 11.6 Å². The van der Waals surface area contributed by atoms with Crippen LogP contribution in [0.25, 0.3) is 10.2 Å². The van der Waals surface area contributed by atoms with Gasteiger partial charge in [-0.2, -0.15) is 0 Å². The molecule has 2 aromatic heterocycles. The summed E-state index contributed by atoms with van der Waals surface area (Å²) in [6.07, 6.45) is 1.73. The Kier molecular flexibility index (Phi) is 3.75. The van der Waals surface area contributed by atoms with Crippen molar-refractivity contribution in [1.82, 2.24) is 9.97 Å². The minimum atomic E-state index is 0.714. The predicted molar refractivity (Wildman–Crippen MR) is 87.5 cm³/mol. The number of aromatic nitrogens is 2. The number of halogens is 3. The highest BCUT2D eigenvalue weighted by atomic mass is 79.9. The lowest BCUT2D eigenvalue weighted by Gasteiger charge is -2.03. The predicted octanol–water partition coefficient (Wildman–Crippen LogP) is 5.61. The number of rotatable bonds is 2. The van der Waals surface area contributed by atoms with Crippen molar-refractivity contribution in [2.24, 2.45) is 0 Å². The summed E-state index contributed by atoms with van der Waals surface area (Å²) in [6, 6.07) is 7.58. The van der Waals surface area contributed by atoms with Crippen LogP contribution in [0.5, 0.6) is 0 Å². The first-order valence-electron chi connectivity index (χ1n) is 5.26. The fraction of sp³-hybridized carbons (Fsp3) is 0. The summed E-state index contributed by atoms with van der Waals surface area (Å²) >= 11 is 14.3. The number of thiazole rings is 1. The molecule has 0 radical (unpaired) electrons. The van der Waals surface area contributed by atoms with Crippen molar-refractivity contribution in [2.45, 2.75) is 0 Å². The molecule has 0 bridgehead atoms. The minimum Gasteiger partial charge on any atom is -0.315 e. The summed E-state index contributed by atoms with van der Waals surface area (Å²) in [4.78, 5) is 8.79. The Bertz CT molecular complexity index is 760. The van der Waals surface area contributed by atoms with Crippen LogP contribution >= 0.6 is 54.8 Å². The molecule has 96 valence electrons. The molecule has 1 aromatic carbocycles. The standard InChI is InChI=1S/C12H6Br2ClN3S/c13-6-3-8(14)11(16-5-6)18-12-17-9-2-1-7(15)4-10(9)19-12/h1-5H,(H,16,17,18). The number of hydrogen-bond acceptors (Lipinski definition) is 4. The maximum absolute atomic E-state index is 5.96. The van der Waals surface area contributed by atoms with Gasteiger partial charge in [0.15, 0.2) is 5.13 Å². The van der Waals surface area contributed by atoms with Gasteiger partial charge in [0.2, 0.25) is 0 Å². The summed E-state index contributed by atoms with van der Waals surface area (Å²) in [7, 11) is 0. The largest absolute Gasteiger partial charge is 0.315 e. The summed E-state index contributed by atoms with van der Waals surface area (Å²) in [5, 5.41) is 4.69. The number of nitrogens with zero attached hydrogens (tertiary/aromatic N) is 2. The molecule has 0 spiro atoms. The molecular weight excluding hydrogens is 413 g/mol. The highest BCUT2D eigenvalue weighted by Gasteiger charge is 2.07. The Morgan fingerprint density at radius 1 is 1.21 bits per heavy atom. The minimum absolute atomic E-state index is 0.714. The van der Waals surface area contributed by atoms with Gasteiger partial charge in [0, 0.05) is 15.7 Å². The van der Waals surface area contributed by atoms with E-state index in [1.165, 1.54) is 11.3 Å². The van der Waals surface area contributed by atoms with Crippen LogP contribution < -0.4 is 5.32 Å². The van der Waals surface area contributed by atoms with E-state index in [0.29, 0.717) is 5.02 Å². The third-order valence-corrected chi connectivity index (χ3v) is 4.59. The number of anilines is 2. The quantitative estimate of drug-likeness (QED) is 0.586. The van der Waals surface area contributed by atoms with Crippen LogP contribution in [0.15, 0.2) is 39.4 Å². The average Bonchev–Trinajstić information content (AvgIpc) is 2.74. The second-order valence-corrected chi connectivity index (χ2v) is 6.98. The lowest BCUT2D eigenvalue weighted by Crippen LogP contribution is -1.93. The van der Waals surface area contributed by atoms with E-state index in [0.717, 1.165) is 30.1 Å². The normalized spacial score (nSPS) is 10.9. The van der Waals surface area contributed by atoms with Crippen LogP contribution in [-0.4, -0.2) is 9.97 Å². The van der Waals surface area contributed by atoms with E-state index in [2.05, 4.69) is 47.1 Å². The van der Waals surface area contributed by atoms with E-state index in [1.807, 2.05) is 24.3 Å². The fourth-order valence-corrected chi connectivity index (χ4v) is 3.79. The molecule has 3 nitrogen and oxygen atoms in total. The third-order valence-electron chi connectivity index (χ3n) is 2.38. The first-order chi connectivity index (χ1) is 9.11. The number of benzene rings is 1. The molecule has 0 aliphatic carbocycles. The molecule has 19 heavy (non-hydrogen) atoms. The van der Waals surface area contributed by atoms with Crippen LogP contribution in [0.4, 0.5) is 10.9 Å². The number of hydrogen-bond donors (Lipinski definition) is 1. The summed E-state index contributed by atoms with van der Waals surface area (Å²) < 4.78 is 2.84. The van der Waals surface area contributed by atoms with Gasteiger partial charge in [-0.15, -0.1) is 0 Å². The first-order valence-corrected chi connectivity index (χ1v) is 8.04. The van der Waals surface area contributed by atoms with Gasteiger partial charge in [-0.1, -0.05) is 22.9 Å². The Hall–Kier alpha value is -0.690. The van der Waals surface area contributed by atoms with Crippen molar-refractivity contribution in [2.75, 3.05) is 5.32 Å². The lowest BCUT2D eigenvalue weighted by atomic mass is 10.3. The van der Waals surface area contributed by atoms with Gasteiger partial charge in [0.05, 0.1) is 14.7 Å². The highest BCUT2D eigenvalue weighted by Crippen LogP contribution is 2.32. The number of fused-ring (bicyclic) bond motifs is 1. The molecule has 0 aliphatic heterocycles. The van der Waals surface area contributed by atoms with Crippen molar-refractivity contribution >= 4 is 76.0 Å². The maximum Gasteiger partial charge on any atom is 0.189 e. The van der Waals surface area contributed by atoms with Gasteiger partial charge in [-0.3, -0.25) is 0 Å². The van der Waals surface area contributed by atoms with Gasteiger partial charge in [0.1, 0.15) is 5.82 Å². The van der Waals surface area contributed by atoms with Crippen molar-refractivity contribution < 1.29 is 0 Å². The van der Waals surface area contributed by atoms with E-state index in [1.54, 1.807) is 6.20 Å². The average molecular weight is 420 g/mol.